The van der Waals surface area contributed by atoms with E-state index < -0.39 is 5.82 Å². The van der Waals surface area contributed by atoms with Crippen molar-refractivity contribution < 1.29 is 23.6 Å². The number of carbonyl (C=O) groups is 4. The number of hydrogen-bond acceptors (Lipinski definition) is 10. The largest absolute Gasteiger partial charge is 0.341 e. The Bertz CT molecular complexity index is 2970. The van der Waals surface area contributed by atoms with Crippen molar-refractivity contribution in [2.24, 2.45) is 11.8 Å². The van der Waals surface area contributed by atoms with Gasteiger partial charge in [0.15, 0.2) is 0 Å². The molecular formula is C59H75FN10O6. The van der Waals surface area contributed by atoms with Gasteiger partial charge in [-0.15, -0.1) is 0 Å². The van der Waals surface area contributed by atoms with Gasteiger partial charge in [0.25, 0.3) is 17.0 Å². The summed E-state index contributed by atoms with van der Waals surface area (Å²) in [7, 11) is 0. The fourth-order valence-electron chi connectivity index (χ4n) is 12.3. The van der Waals surface area contributed by atoms with E-state index in [4.69, 9.17) is 0 Å². The lowest BCUT2D eigenvalue weighted by atomic mass is 9.86. The number of nitrogens with zero attached hydrogens (tertiary/aromatic N) is 7. The van der Waals surface area contributed by atoms with Crippen LogP contribution in [0.2, 0.25) is 0 Å². The van der Waals surface area contributed by atoms with Crippen LogP contribution in [0.5, 0.6) is 0 Å². The molecule has 4 amide bonds. The van der Waals surface area contributed by atoms with Gasteiger partial charge in [0.05, 0.1) is 29.7 Å². The van der Waals surface area contributed by atoms with Crippen molar-refractivity contribution >= 4 is 45.2 Å². The first-order chi connectivity index (χ1) is 37.0. The first kappa shape index (κ1) is 53.1. The number of carbonyl (C=O) groups excluding carboxylic acids is 4. The monoisotopic (exact) mass is 1040 g/mol. The van der Waals surface area contributed by atoms with Gasteiger partial charge in [0.1, 0.15) is 5.82 Å². The number of benzene rings is 3. The first-order valence-electron chi connectivity index (χ1n) is 28.2. The van der Waals surface area contributed by atoms with E-state index in [-0.39, 0.29) is 34.4 Å². The number of fused-ring (bicyclic) bond motifs is 2. The molecule has 404 valence electrons. The summed E-state index contributed by atoms with van der Waals surface area (Å²) in [5.74, 6) is 1.15. The molecule has 6 heterocycles. The maximum atomic E-state index is 15.0. The summed E-state index contributed by atoms with van der Waals surface area (Å²) in [4.78, 5) is 91.2. The number of aromatic amines is 2. The number of H-pyrrole nitrogens is 2. The molecule has 5 aromatic rings. The van der Waals surface area contributed by atoms with Crippen molar-refractivity contribution in [3.63, 3.8) is 0 Å². The van der Waals surface area contributed by atoms with Gasteiger partial charge >= 0.3 is 0 Å². The van der Waals surface area contributed by atoms with Crippen molar-refractivity contribution in [2.45, 2.75) is 95.4 Å². The molecule has 3 N–H and O–H groups in total. The molecule has 2 aliphatic carbocycles. The van der Waals surface area contributed by atoms with Crippen molar-refractivity contribution in [3.05, 3.63) is 122 Å². The summed E-state index contributed by atoms with van der Waals surface area (Å²) in [5, 5.41) is 13.1. The standard InChI is InChI=1S/C40H52FN7O4.C19H23N3O2/c41-35-11-10-31(25-36-32-8-4-5-9-33(32)39(51)43-42-36)24-34(35)40(52)48-22-20-47(21-23-48)38(50)28-44-14-12-30(13-15-44)27-45-16-18-46(19-17-45)37(49)26-29-6-2-1-3-7-29;23-18(11-21-14-6-7-14)22-10-2-3-13(12-22)15-4-1-5-17-16(15)8-9-20-19(17)24/h4-5,8-11,24,29-30H,1-3,6-7,12-23,25-28H2,(H,43,51);1,4-5,8-9,13-14,21H,2-3,6-7,10-12H2,(H,20,24). The Morgan fingerprint density at radius 2 is 1.30 bits per heavy atom. The lowest BCUT2D eigenvalue weighted by molar-refractivity contribution is -0.135. The Morgan fingerprint density at radius 1 is 0.605 bits per heavy atom. The van der Waals surface area contributed by atoms with E-state index in [1.807, 2.05) is 40.1 Å². The molecule has 6 aliphatic rings. The zero-order chi connectivity index (χ0) is 52.5. The van der Waals surface area contributed by atoms with E-state index in [0.717, 1.165) is 107 Å². The number of piperidine rings is 2. The summed E-state index contributed by atoms with van der Waals surface area (Å²) >= 11 is 0. The van der Waals surface area contributed by atoms with Crippen LogP contribution in [0.3, 0.4) is 0 Å². The number of pyridine rings is 1. The molecular weight excluding hydrogens is 964 g/mol. The quantitative estimate of drug-likeness (QED) is 0.132. The number of likely N-dealkylation sites (tertiary alicyclic amines) is 2. The molecule has 4 aliphatic heterocycles. The van der Waals surface area contributed by atoms with Crippen molar-refractivity contribution in [2.75, 3.05) is 98.2 Å². The summed E-state index contributed by atoms with van der Waals surface area (Å²) in [6.45, 7) is 10.4. The zero-order valence-electron chi connectivity index (χ0n) is 44.0. The molecule has 76 heavy (non-hydrogen) atoms. The summed E-state index contributed by atoms with van der Waals surface area (Å²) in [5.41, 5.74) is 2.22. The Morgan fingerprint density at radius 3 is 2.07 bits per heavy atom. The highest BCUT2D eigenvalue weighted by molar-refractivity contribution is 5.95. The molecule has 1 unspecified atom stereocenters. The first-order valence-corrected chi connectivity index (χ1v) is 28.2. The Kier molecular flexibility index (Phi) is 17.3. The van der Waals surface area contributed by atoms with Crippen molar-refractivity contribution in [1.29, 1.82) is 0 Å². The van der Waals surface area contributed by atoms with Crippen LogP contribution in [-0.2, 0) is 20.8 Å². The van der Waals surface area contributed by atoms with E-state index in [1.165, 1.54) is 56.6 Å². The maximum absolute atomic E-state index is 15.0. The molecule has 3 aromatic carbocycles. The van der Waals surface area contributed by atoms with E-state index in [1.54, 1.807) is 35.4 Å². The number of halogens is 1. The van der Waals surface area contributed by atoms with Crippen LogP contribution in [0, 0.1) is 17.7 Å². The van der Waals surface area contributed by atoms with E-state index in [9.17, 15) is 33.2 Å². The minimum atomic E-state index is -0.586. The Hall–Kier alpha value is -6.30. The van der Waals surface area contributed by atoms with E-state index in [0.29, 0.717) is 92.0 Å². The number of hydrogen-bond donors (Lipinski definition) is 3. The third-order valence-electron chi connectivity index (χ3n) is 17.0. The maximum Gasteiger partial charge on any atom is 0.272 e. The molecule has 2 aromatic heterocycles. The van der Waals surface area contributed by atoms with Gasteiger partial charge in [-0.25, -0.2) is 9.49 Å². The predicted octanol–water partition coefficient (Wildman–Crippen LogP) is 5.75. The number of aromatic nitrogens is 3. The summed E-state index contributed by atoms with van der Waals surface area (Å²) in [6.07, 6.45) is 15.7. The van der Waals surface area contributed by atoms with Gasteiger partial charge in [-0.2, -0.15) is 5.10 Å². The molecule has 17 heteroatoms. The highest BCUT2D eigenvalue weighted by atomic mass is 19.1. The second-order valence-electron chi connectivity index (χ2n) is 22.3. The normalized spacial score (nSPS) is 20.4. The van der Waals surface area contributed by atoms with Crippen LogP contribution in [-0.4, -0.2) is 172 Å². The number of amides is 4. The molecule has 11 rings (SSSR count). The van der Waals surface area contributed by atoms with Gasteiger partial charge in [-0.3, -0.25) is 38.6 Å². The van der Waals surface area contributed by atoms with Crippen LogP contribution in [0.25, 0.3) is 21.5 Å². The van der Waals surface area contributed by atoms with Gasteiger partial charge in [-0.1, -0.05) is 55.7 Å². The molecule has 0 bridgehead atoms. The van der Waals surface area contributed by atoms with Gasteiger partial charge in [-0.05, 0) is 123 Å². The van der Waals surface area contributed by atoms with Gasteiger partial charge < -0.3 is 29.9 Å². The van der Waals surface area contributed by atoms with Crippen LogP contribution < -0.4 is 16.4 Å². The average molecular weight is 1040 g/mol. The van der Waals surface area contributed by atoms with Crippen molar-refractivity contribution in [3.8, 4) is 0 Å². The Labute approximate surface area is 444 Å². The van der Waals surface area contributed by atoms with Crippen LogP contribution >= 0.6 is 0 Å². The highest BCUT2D eigenvalue weighted by Gasteiger charge is 2.32. The van der Waals surface area contributed by atoms with Crippen LogP contribution in [0.15, 0.2) is 82.5 Å². The van der Waals surface area contributed by atoms with E-state index in [2.05, 4.69) is 41.3 Å². The molecule has 0 radical (unpaired) electrons. The lowest BCUT2D eigenvalue weighted by Gasteiger charge is -2.40. The molecule has 4 saturated heterocycles. The predicted molar refractivity (Wildman–Crippen MR) is 292 cm³/mol. The fourth-order valence-corrected chi connectivity index (χ4v) is 12.3. The zero-order valence-corrected chi connectivity index (χ0v) is 44.0. The summed E-state index contributed by atoms with van der Waals surface area (Å²) < 4.78 is 15.0. The third kappa shape index (κ3) is 13.3. The molecule has 16 nitrogen and oxygen atoms in total. The second kappa shape index (κ2) is 24.8. The second-order valence-corrected chi connectivity index (χ2v) is 22.3. The number of rotatable bonds is 13. The van der Waals surface area contributed by atoms with Crippen molar-refractivity contribution in [1.82, 2.24) is 49.9 Å². The molecule has 6 fully saturated rings. The Balaban J connectivity index is 0.000000227. The number of nitrogens with one attached hydrogen (secondary N) is 3. The smallest absolute Gasteiger partial charge is 0.272 e. The fraction of sp³-hybridized carbons (Fsp3) is 0.542. The topological polar surface area (TPSA) is 178 Å². The lowest BCUT2D eigenvalue weighted by Crippen LogP contribution is -2.53. The molecule has 2 saturated carbocycles. The van der Waals surface area contributed by atoms with Gasteiger partial charge in [0.2, 0.25) is 17.7 Å². The third-order valence-corrected chi connectivity index (χ3v) is 17.0. The van der Waals surface area contributed by atoms with Crippen LogP contribution in [0.4, 0.5) is 4.39 Å². The minimum absolute atomic E-state index is 0.00101. The minimum Gasteiger partial charge on any atom is -0.341 e. The van der Waals surface area contributed by atoms with Gasteiger partial charge in [0, 0.05) is 114 Å². The average Bonchev–Trinajstić information content (AvgIpc) is 4.30. The highest BCUT2D eigenvalue weighted by Crippen LogP contribution is 2.32. The number of piperazine rings is 2. The summed E-state index contributed by atoms with van der Waals surface area (Å²) in [6, 6.07) is 20.2. The molecule has 1 atom stereocenters. The molecule has 0 spiro atoms. The van der Waals surface area contributed by atoms with E-state index >= 15 is 0 Å². The van der Waals surface area contributed by atoms with Crippen LogP contribution in [0.1, 0.15) is 110 Å². The SMILES string of the molecule is O=C(CC1CCCCC1)N1CCN(CC2CCN(CC(=O)N3CCN(C(=O)c4cc(Cc5n[nH]c(=O)c6ccccc56)ccc4F)CC3)CC2)CC1.O=C(CNC1CC1)N1CCCC(c2cccc3c(=O)[nH]ccc23)C1.